The number of amides is 1. The van der Waals surface area contributed by atoms with Gasteiger partial charge in [-0.3, -0.25) is 4.79 Å². The van der Waals surface area contributed by atoms with Crippen molar-refractivity contribution in [1.29, 1.82) is 0 Å². The van der Waals surface area contributed by atoms with E-state index in [4.69, 9.17) is 0 Å². The predicted molar refractivity (Wildman–Crippen MR) is 116 cm³/mol. The van der Waals surface area contributed by atoms with Crippen molar-refractivity contribution in [3.63, 3.8) is 0 Å². The van der Waals surface area contributed by atoms with Gasteiger partial charge in [-0.15, -0.1) is 0 Å². The summed E-state index contributed by atoms with van der Waals surface area (Å²) in [6.07, 6.45) is 3.82. The van der Waals surface area contributed by atoms with Crippen LogP contribution in [0.4, 0.5) is 0 Å². The highest BCUT2D eigenvalue weighted by Gasteiger charge is 2.32. The minimum atomic E-state index is -3.60. The van der Waals surface area contributed by atoms with Gasteiger partial charge in [0, 0.05) is 37.8 Å². The minimum absolute atomic E-state index is 0.0663. The van der Waals surface area contributed by atoms with Crippen LogP contribution in [0, 0.1) is 19.8 Å². The number of carbonyl (C=O) groups is 1. The first-order valence-corrected chi connectivity index (χ1v) is 12.1. The van der Waals surface area contributed by atoms with Crippen molar-refractivity contribution in [2.24, 2.45) is 5.92 Å². The van der Waals surface area contributed by atoms with Crippen LogP contribution in [0.5, 0.6) is 0 Å². The second kappa shape index (κ2) is 8.74. The molecule has 0 bridgehead atoms. The molecule has 0 saturated carbocycles. The molecule has 2 aliphatic rings. The smallest absolute Gasteiger partial charge is 0.253 e. The van der Waals surface area contributed by atoms with Gasteiger partial charge in [0.15, 0.2) is 0 Å². The SMILES string of the molecule is Cc1cc(C(=O)N2CCCC(N(C)C)C2)cc(S(=O)(=O)N2CCC(C)CC2)c1C. The zero-order valence-electron chi connectivity index (χ0n) is 18.4. The highest BCUT2D eigenvalue weighted by molar-refractivity contribution is 7.89. The molecule has 162 valence electrons. The summed E-state index contributed by atoms with van der Waals surface area (Å²) in [5.74, 6) is 0.490. The number of hydrogen-bond donors (Lipinski definition) is 0. The summed E-state index contributed by atoms with van der Waals surface area (Å²) in [6.45, 7) is 8.41. The maximum atomic E-state index is 13.4. The van der Waals surface area contributed by atoms with E-state index >= 15 is 0 Å². The summed E-state index contributed by atoms with van der Waals surface area (Å²) >= 11 is 0. The summed E-state index contributed by atoms with van der Waals surface area (Å²) in [5.41, 5.74) is 2.07. The number of sulfonamides is 1. The summed E-state index contributed by atoms with van der Waals surface area (Å²) in [4.78, 5) is 17.5. The Morgan fingerprint density at radius 3 is 2.34 bits per heavy atom. The lowest BCUT2D eigenvalue weighted by Gasteiger charge is -2.36. The van der Waals surface area contributed by atoms with E-state index in [1.54, 1.807) is 10.4 Å². The number of carbonyl (C=O) groups excluding carboxylic acids is 1. The van der Waals surface area contributed by atoms with Crippen molar-refractivity contribution in [2.75, 3.05) is 40.3 Å². The van der Waals surface area contributed by atoms with Crippen LogP contribution in [0.1, 0.15) is 54.1 Å². The molecule has 1 aromatic carbocycles. The number of benzene rings is 1. The molecule has 6 nitrogen and oxygen atoms in total. The second-order valence-corrected chi connectivity index (χ2v) is 10.9. The Morgan fingerprint density at radius 1 is 1.07 bits per heavy atom. The van der Waals surface area contributed by atoms with Crippen molar-refractivity contribution >= 4 is 15.9 Å². The maximum Gasteiger partial charge on any atom is 0.253 e. The molecule has 1 unspecified atom stereocenters. The van der Waals surface area contributed by atoms with Gasteiger partial charge in [-0.05, 0) is 82.8 Å². The van der Waals surface area contributed by atoms with E-state index in [2.05, 4.69) is 11.8 Å². The molecule has 1 aromatic rings. The third-order valence-electron chi connectivity index (χ3n) is 6.64. The first-order valence-electron chi connectivity index (χ1n) is 10.7. The third-order valence-corrected chi connectivity index (χ3v) is 8.67. The molecule has 1 amide bonds. The Morgan fingerprint density at radius 2 is 1.72 bits per heavy atom. The highest BCUT2D eigenvalue weighted by atomic mass is 32.2. The number of hydrogen-bond acceptors (Lipinski definition) is 4. The molecule has 7 heteroatoms. The number of piperidine rings is 2. The van der Waals surface area contributed by atoms with Crippen molar-refractivity contribution in [2.45, 2.75) is 57.4 Å². The standard InChI is InChI=1S/C22H35N3O3S/c1-16-8-11-25(12-9-16)29(27,28)21-14-19(13-17(2)18(21)3)22(26)24-10-6-7-20(15-24)23(4)5/h13-14,16,20H,6-12,15H2,1-5H3. The Bertz CT molecular complexity index is 858. The molecule has 1 atom stereocenters. The molecule has 2 saturated heterocycles. The minimum Gasteiger partial charge on any atom is -0.337 e. The molecule has 0 spiro atoms. The van der Waals surface area contributed by atoms with Gasteiger partial charge in [0.1, 0.15) is 0 Å². The maximum absolute atomic E-state index is 13.4. The topological polar surface area (TPSA) is 60.9 Å². The number of rotatable bonds is 4. The van der Waals surface area contributed by atoms with Gasteiger partial charge in [-0.1, -0.05) is 6.92 Å². The first kappa shape index (κ1) is 22.2. The van der Waals surface area contributed by atoms with Gasteiger partial charge in [-0.25, -0.2) is 8.42 Å². The first-order chi connectivity index (χ1) is 13.6. The van der Waals surface area contributed by atoms with E-state index in [1.807, 2.05) is 38.9 Å². The second-order valence-electron chi connectivity index (χ2n) is 9.01. The van der Waals surface area contributed by atoms with Crippen molar-refractivity contribution in [3.8, 4) is 0 Å². The average Bonchev–Trinajstić information content (AvgIpc) is 2.69. The zero-order chi connectivity index (χ0) is 21.3. The van der Waals surface area contributed by atoms with Crippen molar-refractivity contribution < 1.29 is 13.2 Å². The van der Waals surface area contributed by atoms with E-state index in [0.29, 0.717) is 37.2 Å². The number of aryl methyl sites for hydroxylation is 1. The summed E-state index contributed by atoms with van der Waals surface area (Å²) < 4.78 is 28.3. The van der Waals surface area contributed by atoms with E-state index in [1.165, 1.54) is 0 Å². The van der Waals surface area contributed by atoms with Crippen molar-refractivity contribution in [1.82, 2.24) is 14.1 Å². The van der Waals surface area contributed by atoms with Crippen LogP contribution in [0.15, 0.2) is 17.0 Å². The summed E-state index contributed by atoms with van der Waals surface area (Å²) in [6, 6.07) is 3.80. The fourth-order valence-electron chi connectivity index (χ4n) is 4.33. The molecule has 0 aliphatic carbocycles. The average molecular weight is 422 g/mol. The molecule has 2 aliphatic heterocycles. The lowest BCUT2D eigenvalue weighted by molar-refractivity contribution is 0.0634. The molecular formula is C22H35N3O3S. The van der Waals surface area contributed by atoms with Gasteiger partial charge >= 0.3 is 0 Å². The predicted octanol–water partition coefficient (Wildman–Crippen LogP) is 2.89. The number of likely N-dealkylation sites (tertiary alicyclic amines) is 1. The number of likely N-dealkylation sites (N-methyl/N-ethyl adjacent to an activating group) is 1. The van der Waals surface area contributed by atoms with E-state index in [-0.39, 0.29) is 10.8 Å². The molecule has 2 heterocycles. The quantitative estimate of drug-likeness (QED) is 0.750. The van der Waals surface area contributed by atoms with Crippen LogP contribution in [0.25, 0.3) is 0 Å². The summed E-state index contributed by atoms with van der Waals surface area (Å²) in [5, 5.41) is 0. The van der Waals surface area contributed by atoms with Gasteiger partial charge in [0.05, 0.1) is 4.90 Å². The van der Waals surface area contributed by atoms with E-state index in [9.17, 15) is 13.2 Å². The fourth-order valence-corrected chi connectivity index (χ4v) is 6.12. The lowest BCUT2D eigenvalue weighted by atomic mass is 10.0. The Labute approximate surface area is 175 Å². The molecular weight excluding hydrogens is 386 g/mol. The molecule has 29 heavy (non-hydrogen) atoms. The highest BCUT2D eigenvalue weighted by Crippen LogP contribution is 2.29. The largest absolute Gasteiger partial charge is 0.337 e. The third kappa shape index (κ3) is 4.67. The normalized spacial score (nSPS) is 22.3. The van der Waals surface area contributed by atoms with Crippen molar-refractivity contribution in [3.05, 3.63) is 28.8 Å². The van der Waals surface area contributed by atoms with E-state index in [0.717, 1.165) is 43.4 Å². The summed E-state index contributed by atoms with van der Waals surface area (Å²) in [7, 11) is 0.486. The monoisotopic (exact) mass is 421 g/mol. The van der Waals surface area contributed by atoms with Crippen LogP contribution in [0.2, 0.25) is 0 Å². The van der Waals surface area contributed by atoms with Gasteiger partial charge in [0.2, 0.25) is 10.0 Å². The van der Waals surface area contributed by atoms with Gasteiger partial charge < -0.3 is 9.80 Å². The van der Waals surface area contributed by atoms with Crippen LogP contribution in [-0.2, 0) is 10.0 Å². The molecule has 0 N–H and O–H groups in total. The Hall–Kier alpha value is -1.44. The van der Waals surface area contributed by atoms with Crippen LogP contribution >= 0.6 is 0 Å². The molecule has 0 aromatic heterocycles. The van der Waals surface area contributed by atoms with Crippen LogP contribution in [-0.4, -0.2) is 74.7 Å². The number of nitrogens with zero attached hydrogens (tertiary/aromatic N) is 3. The molecule has 3 rings (SSSR count). The fraction of sp³-hybridized carbons (Fsp3) is 0.682. The Balaban J connectivity index is 1.90. The zero-order valence-corrected chi connectivity index (χ0v) is 19.3. The van der Waals surface area contributed by atoms with Crippen LogP contribution < -0.4 is 0 Å². The van der Waals surface area contributed by atoms with Crippen LogP contribution in [0.3, 0.4) is 0 Å². The van der Waals surface area contributed by atoms with Gasteiger partial charge in [-0.2, -0.15) is 4.31 Å². The van der Waals surface area contributed by atoms with E-state index < -0.39 is 10.0 Å². The lowest BCUT2D eigenvalue weighted by Crippen LogP contribution is -2.47. The van der Waals surface area contributed by atoms with Gasteiger partial charge in [0.25, 0.3) is 5.91 Å². The Kier molecular flexibility index (Phi) is 6.70. The molecule has 0 radical (unpaired) electrons. The molecule has 2 fully saturated rings.